The number of pyridine rings is 1. The number of benzene rings is 1. The Labute approximate surface area is 99.1 Å². The molecule has 88 valence electrons. The molecule has 0 unspecified atom stereocenters. The van der Waals surface area contributed by atoms with Crippen LogP contribution in [0.3, 0.4) is 0 Å². The number of aryl methyl sites for hydroxylation is 1. The monoisotopic (exact) mass is 232 g/mol. The van der Waals surface area contributed by atoms with Crippen molar-refractivity contribution in [3.8, 4) is 5.75 Å². The molecule has 0 atom stereocenters. The van der Waals surface area contributed by atoms with E-state index in [1.807, 2.05) is 13.0 Å². The number of halogens is 1. The van der Waals surface area contributed by atoms with Crippen LogP contribution >= 0.6 is 0 Å². The fourth-order valence-corrected chi connectivity index (χ4v) is 1.46. The average molecular weight is 232 g/mol. The second kappa shape index (κ2) is 4.82. The SMILES string of the molecule is Cc1ccc(F)cc1OCc1cccnc1N. The van der Waals surface area contributed by atoms with Crippen molar-refractivity contribution in [2.45, 2.75) is 13.5 Å². The molecule has 0 amide bonds. The van der Waals surface area contributed by atoms with Crippen LogP contribution in [-0.2, 0) is 6.61 Å². The van der Waals surface area contributed by atoms with Gasteiger partial charge in [0.15, 0.2) is 0 Å². The van der Waals surface area contributed by atoms with Gasteiger partial charge in [0.05, 0.1) is 0 Å². The Balaban J connectivity index is 2.12. The van der Waals surface area contributed by atoms with Crippen LogP contribution in [-0.4, -0.2) is 4.98 Å². The van der Waals surface area contributed by atoms with Crippen LogP contribution in [0.15, 0.2) is 36.5 Å². The van der Waals surface area contributed by atoms with Crippen molar-refractivity contribution in [2.24, 2.45) is 0 Å². The van der Waals surface area contributed by atoms with Crippen molar-refractivity contribution >= 4 is 5.82 Å². The van der Waals surface area contributed by atoms with Gasteiger partial charge in [-0.15, -0.1) is 0 Å². The number of nitrogens with two attached hydrogens (primary N) is 1. The van der Waals surface area contributed by atoms with E-state index in [4.69, 9.17) is 10.5 Å². The largest absolute Gasteiger partial charge is 0.488 e. The van der Waals surface area contributed by atoms with E-state index >= 15 is 0 Å². The highest BCUT2D eigenvalue weighted by Crippen LogP contribution is 2.20. The molecular weight excluding hydrogens is 219 g/mol. The molecule has 0 saturated carbocycles. The maximum absolute atomic E-state index is 13.0. The van der Waals surface area contributed by atoms with E-state index in [0.717, 1.165) is 11.1 Å². The summed E-state index contributed by atoms with van der Waals surface area (Å²) in [6.45, 7) is 2.14. The number of ether oxygens (including phenoxy) is 1. The average Bonchev–Trinajstić information content (AvgIpc) is 2.32. The van der Waals surface area contributed by atoms with E-state index in [-0.39, 0.29) is 12.4 Å². The smallest absolute Gasteiger partial charge is 0.129 e. The van der Waals surface area contributed by atoms with Crippen LogP contribution in [0.5, 0.6) is 5.75 Å². The van der Waals surface area contributed by atoms with E-state index < -0.39 is 0 Å². The Kier molecular flexibility index (Phi) is 3.23. The van der Waals surface area contributed by atoms with Gasteiger partial charge in [-0.2, -0.15) is 0 Å². The number of rotatable bonds is 3. The van der Waals surface area contributed by atoms with Crippen LogP contribution in [0.25, 0.3) is 0 Å². The van der Waals surface area contributed by atoms with Crippen molar-refractivity contribution in [1.82, 2.24) is 4.98 Å². The third-order valence-corrected chi connectivity index (χ3v) is 2.46. The molecule has 0 bridgehead atoms. The molecule has 1 heterocycles. The maximum Gasteiger partial charge on any atom is 0.129 e. The van der Waals surface area contributed by atoms with Crippen LogP contribution < -0.4 is 10.5 Å². The molecule has 2 aromatic rings. The minimum atomic E-state index is -0.315. The number of anilines is 1. The minimum Gasteiger partial charge on any atom is -0.488 e. The summed E-state index contributed by atoms with van der Waals surface area (Å²) in [4.78, 5) is 3.96. The van der Waals surface area contributed by atoms with E-state index in [9.17, 15) is 4.39 Å². The van der Waals surface area contributed by atoms with Crippen molar-refractivity contribution < 1.29 is 9.13 Å². The third kappa shape index (κ3) is 2.72. The van der Waals surface area contributed by atoms with Crippen molar-refractivity contribution in [3.63, 3.8) is 0 Å². The molecule has 0 aliphatic carbocycles. The standard InChI is InChI=1S/C13H13FN2O/c1-9-4-5-11(14)7-12(9)17-8-10-3-2-6-16-13(10)15/h2-7H,8H2,1H3,(H2,15,16). The lowest BCUT2D eigenvalue weighted by molar-refractivity contribution is 0.303. The molecule has 0 aliphatic rings. The molecule has 0 spiro atoms. The third-order valence-electron chi connectivity index (χ3n) is 2.46. The van der Waals surface area contributed by atoms with Crippen molar-refractivity contribution in [2.75, 3.05) is 5.73 Å². The summed E-state index contributed by atoms with van der Waals surface area (Å²) in [5.74, 6) is 0.638. The molecule has 1 aromatic heterocycles. The molecule has 0 saturated heterocycles. The summed E-state index contributed by atoms with van der Waals surface area (Å²) >= 11 is 0. The highest BCUT2D eigenvalue weighted by atomic mass is 19.1. The Hall–Kier alpha value is -2.10. The Morgan fingerprint density at radius 1 is 1.35 bits per heavy atom. The van der Waals surface area contributed by atoms with E-state index in [1.165, 1.54) is 12.1 Å². The number of hydrogen-bond acceptors (Lipinski definition) is 3. The molecule has 3 nitrogen and oxygen atoms in total. The zero-order valence-electron chi connectivity index (χ0n) is 9.48. The van der Waals surface area contributed by atoms with Gasteiger partial charge in [0, 0.05) is 17.8 Å². The number of nitrogens with zero attached hydrogens (tertiary/aromatic N) is 1. The van der Waals surface area contributed by atoms with Gasteiger partial charge in [-0.05, 0) is 24.6 Å². The fourth-order valence-electron chi connectivity index (χ4n) is 1.46. The first-order valence-electron chi connectivity index (χ1n) is 5.25. The zero-order valence-corrected chi connectivity index (χ0v) is 9.48. The molecule has 1 aromatic carbocycles. The van der Waals surface area contributed by atoms with E-state index in [1.54, 1.807) is 18.3 Å². The molecule has 0 aliphatic heterocycles. The van der Waals surface area contributed by atoms with Gasteiger partial charge in [-0.25, -0.2) is 9.37 Å². The molecule has 17 heavy (non-hydrogen) atoms. The highest BCUT2D eigenvalue weighted by molar-refractivity contribution is 5.39. The summed E-state index contributed by atoms with van der Waals surface area (Å²) in [5.41, 5.74) is 7.36. The Morgan fingerprint density at radius 3 is 2.94 bits per heavy atom. The second-order valence-electron chi connectivity index (χ2n) is 3.75. The number of aromatic nitrogens is 1. The second-order valence-corrected chi connectivity index (χ2v) is 3.75. The predicted octanol–water partition coefficient (Wildman–Crippen LogP) is 2.69. The lowest BCUT2D eigenvalue weighted by atomic mass is 10.2. The van der Waals surface area contributed by atoms with Gasteiger partial charge in [0.1, 0.15) is 24.0 Å². The normalized spacial score (nSPS) is 10.2. The van der Waals surface area contributed by atoms with E-state index in [2.05, 4.69) is 4.98 Å². The van der Waals surface area contributed by atoms with Gasteiger partial charge in [-0.1, -0.05) is 12.1 Å². The number of hydrogen-bond donors (Lipinski definition) is 1. The van der Waals surface area contributed by atoms with Crippen LogP contribution in [0.4, 0.5) is 10.2 Å². The summed E-state index contributed by atoms with van der Waals surface area (Å²) in [7, 11) is 0. The molecule has 2 rings (SSSR count). The molecular formula is C13H13FN2O. The summed E-state index contributed by atoms with van der Waals surface area (Å²) in [5, 5.41) is 0. The molecule has 0 fully saturated rings. The topological polar surface area (TPSA) is 48.1 Å². The van der Waals surface area contributed by atoms with Gasteiger partial charge in [-0.3, -0.25) is 0 Å². The van der Waals surface area contributed by atoms with Gasteiger partial charge in [0.2, 0.25) is 0 Å². The molecule has 2 N–H and O–H groups in total. The van der Waals surface area contributed by atoms with Crippen molar-refractivity contribution in [3.05, 3.63) is 53.5 Å². The van der Waals surface area contributed by atoms with Crippen LogP contribution in [0, 0.1) is 12.7 Å². The van der Waals surface area contributed by atoms with Crippen molar-refractivity contribution in [1.29, 1.82) is 0 Å². The zero-order chi connectivity index (χ0) is 12.3. The Bertz CT molecular complexity index is 529. The summed E-state index contributed by atoms with van der Waals surface area (Å²) < 4.78 is 18.6. The lowest BCUT2D eigenvalue weighted by Gasteiger charge is -2.10. The van der Waals surface area contributed by atoms with Gasteiger partial charge in [0.25, 0.3) is 0 Å². The van der Waals surface area contributed by atoms with Gasteiger partial charge >= 0.3 is 0 Å². The fraction of sp³-hybridized carbons (Fsp3) is 0.154. The molecule has 4 heteroatoms. The summed E-state index contributed by atoms with van der Waals surface area (Å²) in [6.07, 6.45) is 1.62. The number of nitrogen functional groups attached to an aromatic ring is 1. The lowest BCUT2D eigenvalue weighted by Crippen LogP contribution is -2.02. The predicted molar refractivity (Wildman–Crippen MR) is 64.1 cm³/mol. The minimum absolute atomic E-state index is 0.282. The Morgan fingerprint density at radius 2 is 2.18 bits per heavy atom. The first-order valence-corrected chi connectivity index (χ1v) is 5.25. The molecule has 0 radical (unpaired) electrons. The first-order chi connectivity index (χ1) is 8.16. The summed E-state index contributed by atoms with van der Waals surface area (Å²) in [6, 6.07) is 8.06. The van der Waals surface area contributed by atoms with E-state index in [0.29, 0.717) is 11.6 Å². The highest BCUT2D eigenvalue weighted by Gasteiger charge is 2.04. The van der Waals surface area contributed by atoms with Gasteiger partial charge < -0.3 is 10.5 Å². The first kappa shape index (κ1) is 11.4. The van der Waals surface area contributed by atoms with Crippen LogP contribution in [0.2, 0.25) is 0 Å². The van der Waals surface area contributed by atoms with Crippen LogP contribution in [0.1, 0.15) is 11.1 Å². The quantitative estimate of drug-likeness (QED) is 0.885. The maximum atomic E-state index is 13.0.